The van der Waals surface area contributed by atoms with E-state index in [-0.39, 0.29) is 0 Å². The molecule has 0 fully saturated rings. The van der Waals surface area contributed by atoms with Crippen molar-refractivity contribution in [2.75, 3.05) is 0 Å². The third kappa shape index (κ3) is 3.47. The molecule has 38 heavy (non-hydrogen) atoms. The average Bonchev–Trinajstić information content (AvgIpc) is 3.60. The molecule has 0 amide bonds. The Morgan fingerprint density at radius 2 is 1.21 bits per heavy atom. The molecule has 0 saturated carbocycles. The van der Waals surface area contributed by atoms with Crippen LogP contribution in [-0.2, 0) is 0 Å². The van der Waals surface area contributed by atoms with Crippen LogP contribution in [-0.4, -0.2) is 4.98 Å². The summed E-state index contributed by atoms with van der Waals surface area (Å²) in [6.07, 6.45) is 0. The zero-order valence-corrected chi connectivity index (χ0v) is 22.0. The molecule has 8 rings (SSSR count). The fraction of sp³-hybridized carbons (Fsp3) is 0. The second kappa shape index (κ2) is 8.63. The molecule has 0 aliphatic rings. The summed E-state index contributed by atoms with van der Waals surface area (Å²) in [4.78, 5) is 4.92. The Kier molecular flexibility index (Phi) is 4.94. The van der Waals surface area contributed by atoms with E-state index in [0.29, 0.717) is 0 Å². The minimum absolute atomic E-state index is 1.06. The summed E-state index contributed by atoms with van der Waals surface area (Å²) in [6.45, 7) is 0. The molecular weight excluding hydrogens is 499 g/mol. The van der Waals surface area contributed by atoms with E-state index in [9.17, 15) is 0 Å². The first-order chi connectivity index (χ1) is 18.8. The van der Waals surface area contributed by atoms with E-state index in [0.717, 1.165) is 10.5 Å². The standard InChI is InChI=1S/C35H21NS2/c1-2-8-22(9-3-1)35-36-31-19-17-26-21-24(16-18-28(26)34(31)38-35)23-10-6-11-25(20-23)27-13-7-14-30-29-12-4-5-15-32(29)37-33(27)30/h1-21H. The van der Waals surface area contributed by atoms with Gasteiger partial charge in [0.1, 0.15) is 5.01 Å². The van der Waals surface area contributed by atoms with Crippen molar-refractivity contribution < 1.29 is 0 Å². The zero-order valence-electron chi connectivity index (χ0n) is 20.4. The lowest BCUT2D eigenvalue weighted by atomic mass is 9.96. The number of nitrogens with zero attached hydrogens (tertiary/aromatic N) is 1. The van der Waals surface area contributed by atoms with Crippen LogP contribution >= 0.6 is 22.7 Å². The van der Waals surface area contributed by atoms with Crippen LogP contribution in [0.5, 0.6) is 0 Å². The van der Waals surface area contributed by atoms with Crippen LogP contribution in [0.25, 0.3) is 74.0 Å². The molecule has 0 saturated heterocycles. The predicted molar refractivity (Wildman–Crippen MR) is 166 cm³/mol. The first-order valence-electron chi connectivity index (χ1n) is 12.7. The largest absolute Gasteiger partial charge is 0.236 e. The van der Waals surface area contributed by atoms with Crippen LogP contribution in [0.2, 0.25) is 0 Å². The van der Waals surface area contributed by atoms with E-state index in [1.54, 1.807) is 11.3 Å². The molecule has 1 nitrogen and oxygen atoms in total. The molecule has 0 aliphatic heterocycles. The third-order valence-corrected chi connectivity index (χ3v) is 9.68. The molecular formula is C35H21NS2. The second-order valence-electron chi connectivity index (χ2n) is 9.60. The first kappa shape index (κ1) is 21.7. The SMILES string of the molecule is c1ccc(-c2nc3ccc4cc(-c5cccc(-c6cccc7c6sc6ccccc67)c5)ccc4c3s2)cc1. The maximum Gasteiger partial charge on any atom is 0.124 e. The number of hydrogen-bond acceptors (Lipinski definition) is 3. The van der Waals surface area contributed by atoms with Crippen LogP contribution in [0, 0.1) is 0 Å². The van der Waals surface area contributed by atoms with Gasteiger partial charge < -0.3 is 0 Å². The van der Waals surface area contributed by atoms with E-state index >= 15 is 0 Å². The van der Waals surface area contributed by atoms with Gasteiger partial charge in [-0.25, -0.2) is 4.98 Å². The van der Waals surface area contributed by atoms with Crippen molar-refractivity contribution in [2.24, 2.45) is 0 Å². The topological polar surface area (TPSA) is 12.9 Å². The Hall–Kier alpha value is -4.31. The molecule has 0 spiro atoms. The summed E-state index contributed by atoms with van der Waals surface area (Å²) in [5.74, 6) is 0. The highest BCUT2D eigenvalue weighted by molar-refractivity contribution is 7.26. The number of thiophene rings is 1. The lowest BCUT2D eigenvalue weighted by molar-refractivity contribution is 1.48. The molecule has 0 aliphatic carbocycles. The predicted octanol–water partition coefficient (Wildman–Crippen LogP) is 10.8. The fourth-order valence-corrected chi connectivity index (χ4v) is 7.78. The van der Waals surface area contributed by atoms with Gasteiger partial charge in [0.15, 0.2) is 0 Å². The van der Waals surface area contributed by atoms with E-state index in [1.807, 2.05) is 17.4 Å². The summed E-state index contributed by atoms with van der Waals surface area (Å²) in [5, 5.41) is 6.25. The van der Waals surface area contributed by atoms with Crippen molar-refractivity contribution in [3.63, 3.8) is 0 Å². The van der Waals surface area contributed by atoms with Gasteiger partial charge in [-0.3, -0.25) is 0 Å². The molecule has 8 aromatic rings. The molecule has 2 heterocycles. The van der Waals surface area contributed by atoms with Crippen LogP contribution in [0.4, 0.5) is 0 Å². The fourth-order valence-electron chi connectivity index (χ4n) is 5.44. The van der Waals surface area contributed by atoms with Gasteiger partial charge in [-0.2, -0.15) is 0 Å². The van der Waals surface area contributed by atoms with Crippen molar-refractivity contribution in [3.05, 3.63) is 127 Å². The summed E-state index contributed by atoms with van der Waals surface area (Å²) < 4.78 is 3.94. The molecule has 0 atom stereocenters. The number of benzene rings is 6. The Bertz CT molecular complexity index is 2130. The quantitative estimate of drug-likeness (QED) is 0.226. The summed E-state index contributed by atoms with van der Waals surface area (Å²) in [6, 6.07) is 46.0. The Morgan fingerprint density at radius 1 is 0.447 bits per heavy atom. The van der Waals surface area contributed by atoms with Gasteiger partial charge in [0.25, 0.3) is 0 Å². The van der Waals surface area contributed by atoms with Gasteiger partial charge in [0.05, 0.1) is 10.2 Å². The highest BCUT2D eigenvalue weighted by Gasteiger charge is 2.12. The Balaban J connectivity index is 1.23. The average molecular weight is 520 g/mol. The van der Waals surface area contributed by atoms with Gasteiger partial charge >= 0.3 is 0 Å². The van der Waals surface area contributed by atoms with Crippen molar-refractivity contribution in [1.29, 1.82) is 0 Å². The molecule has 6 aromatic carbocycles. The van der Waals surface area contributed by atoms with E-state index in [1.165, 1.54) is 63.5 Å². The number of aromatic nitrogens is 1. The zero-order chi connectivity index (χ0) is 25.1. The Labute approximate surface area is 228 Å². The highest BCUT2D eigenvalue weighted by Crippen LogP contribution is 2.41. The lowest BCUT2D eigenvalue weighted by Gasteiger charge is -2.09. The van der Waals surface area contributed by atoms with Crippen LogP contribution in [0.1, 0.15) is 0 Å². The molecule has 3 heteroatoms. The monoisotopic (exact) mass is 519 g/mol. The highest BCUT2D eigenvalue weighted by atomic mass is 32.1. The van der Waals surface area contributed by atoms with Gasteiger partial charge in [-0.05, 0) is 51.9 Å². The van der Waals surface area contributed by atoms with Gasteiger partial charge in [0, 0.05) is 31.1 Å². The summed E-state index contributed by atoms with van der Waals surface area (Å²) >= 11 is 3.66. The molecule has 0 radical (unpaired) electrons. The molecule has 178 valence electrons. The first-order valence-corrected chi connectivity index (χ1v) is 14.3. The van der Waals surface area contributed by atoms with E-state index in [4.69, 9.17) is 4.98 Å². The van der Waals surface area contributed by atoms with E-state index in [2.05, 4.69) is 121 Å². The number of rotatable bonds is 3. The van der Waals surface area contributed by atoms with Gasteiger partial charge in [-0.1, -0.05) is 103 Å². The van der Waals surface area contributed by atoms with Gasteiger partial charge in [-0.15, -0.1) is 22.7 Å². The smallest absolute Gasteiger partial charge is 0.124 e. The minimum atomic E-state index is 1.06. The van der Waals surface area contributed by atoms with Crippen LogP contribution < -0.4 is 0 Å². The van der Waals surface area contributed by atoms with Crippen LogP contribution in [0.15, 0.2) is 127 Å². The second-order valence-corrected chi connectivity index (χ2v) is 11.6. The third-order valence-electron chi connectivity index (χ3n) is 7.30. The van der Waals surface area contributed by atoms with Gasteiger partial charge in [0.2, 0.25) is 0 Å². The molecule has 0 N–H and O–H groups in total. The molecule has 2 aromatic heterocycles. The van der Waals surface area contributed by atoms with Crippen molar-refractivity contribution in [2.45, 2.75) is 0 Å². The lowest BCUT2D eigenvalue weighted by Crippen LogP contribution is -1.83. The maximum atomic E-state index is 4.92. The number of thiazole rings is 1. The number of fused-ring (bicyclic) bond motifs is 6. The Morgan fingerprint density at radius 3 is 2.16 bits per heavy atom. The molecule has 0 bridgehead atoms. The van der Waals surface area contributed by atoms with Crippen molar-refractivity contribution in [3.8, 4) is 32.8 Å². The summed E-state index contributed by atoms with van der Waals surface area (Å²) in [7, 11) is 0. The number of hydrogen-bond donors (Lipinski definition) is 0. The van der Waals surface area contributed by atoms with Crippen molar-refractivity contribution in [1.82, 2.24) is 4.98 Å². The summed E-state index contributed by atoms with van der Waals surface area (Å²) in [5.41, 5.74) is 7.25. The normalized spacial score (nSPS) is 11.7. The minimum Gasteiger partial charge on any atom is -0.236 e. The van der Waals surface area contributed by atoms with E-state index < -0.39 is 0 Å². The maximum absolute atomic E-state index is 4.92. The molecule has 0 unspecified atom stereocenters. The van der Waals surface area contributed by atoms with Crippen LogP contribution in [0.3, 0.4) is 0 Å². The van der Waals surface area contributed by atoms with Crippen molar-refractivity contribution >= 4 is 63.8 Å².